The molecule has 2 aromatic carbocycles. The van der Waals surface area contributed by atoms with Gasteiger partial charge in [0.1, 0.15) is 0 Å². The lowest BCUT2D eigenvalue weighted by molar-refractivity contribution is 0.668. The fourth-order valence-corrected chi connectivity index (χ4v) is 2.77. The first-order chi connectivity index (χ1) is 13.0. The van der Waals surface area contributed by atoms with E-state index in [0.29, 0.717) is 5.95 Å². The summed E-state index contributed by atoms with van der Waals surface area (Å²) in [6, 6.07) is 18.8. The van der Waals surface area contributed by atoms with Crippen LogP contribution in [0.2, 0.25) is 0 Å². The number of anilines is 4. The summed E-state index contributed by atoms with van der Waals surface area (Å²) in [5.41, 5.74) is 3.31. The first kappa shape index (κ1) is 18.6. The molecular formula is C21H26N6. The van der Waals surface area contributed by atoms with Crippen LogP contribution in [0.3, 0.4) is 0 Å². The molecule has 0 saturated heterocycles. The molecule has 6 heteroatoms. The zero-order chi connectivity index (χ0) is 19.2. The predicted molar refractivity (Wildman–Crippen MR) is 112 cm³/mol. The Bertz CT molecular complexity index is 846. The molecule has 3 rings (SSSR count). The Kier molecular flexibility index (Phi) is 5.86. The standard InChI is InChI=1S/C21H26N6/c1-16(2)27(15-17-8-6-5-7-9-17)20-14-22-25-21(24-20)23-18-10-12-19(13-11-18)26(3)4/h5-14,16H,15H2,1-4H3,(H,23,24,25). The van der Waals surface area contributed by atoms with Gasteiger partial charge in [0.05, 0.1) is 6.20 Å². The Balaban J connectivity index is 1.78. The van der Waals surface area contributed by atoms with E-state index in [2.05, 4.69) is 80.5 Å². The number of nitrogens with zero attached hydrogens (tertiary/aromatic N) is 5. The maximum Gasteiger partial charge on any atom is 0.249 e. The van der Waals surface area contributed by atoms with Gasteiger partial charge >= 0.3 is 0 Å². The molecule has 0 aliphatic heterocycles. The summed E-state index contributed by atoms with van der Waals surface area (Å²) in [5, 5.41) is 11.5. The monoisotopic (exact) mass is 362 g/mol. The Morgan fingerprint density at radius 1 is 0.963 bits per heavy atom. The van der Waals surface area contributed by atoms with E-state index in [1.807, 2.05) is 32.3 Å². The van der Waals surface area contributed by atoms with Crippen molar-refractivity contribution in [2.75, 3.05) is 29.2 Å². The minimum absolute atomic E-state index is 0.286. The quantitative estimate of drug-likeness (QED) is 0.683. The summed E-state index contributed by atoms with van der Waals surface area (Å²) in [6.07, 6.45) is 1.71. The minimum Gasteiger partial charge on any atom is -0.378 e. The molecular weight excluding hydrogens is 336 g/mol. The van der Waals surface area contributed by atoms with Gasteiger partial charge in [-0.15, -0.1) is 5.10 Å². The molecule has 0 spiro atoms. The Morgan fingerprint density at radius 2 is 1.67 bits per heavy atom. The van der Waals surface area contributed by atoms with Gasteiger partial charge in [0.25, 0.3) is 0 Å². The molecule has 0 saturated carbocycles. The molecule has 0 bridgehead atoms. The molecule has 6 nitrogen and oxygen atoms in total. The maximum atomic E-state index is 4.67. The summed E-state index contributed by atoms with van der Waals surface area (Å²) in [5.74, 6) is 1.29. The Hall–Kier alpha value is -3.15. The van der Waals surface area contributed by atoms with Crippen LogP contribution in [-0.2, 0) is 6.54 Å². The van der Waals surface area contributed by atoms with Crippen molar-refractivity contribution >= 4 is 23.1 Å². The second-order valence-corrected chi connectivity index (χ2v) is 6.91. The molecule has 0 atom stereocenters. The SMILES string of the molecule is CC(C)N(Cc1ccccc1)c1cnnc(Nc2ccc(N(C)C)cc2)n1. The fraction of sp³-hybridized carbons (Fsp3) is 0.286. The van der Waals surface area contributed by atoms with Gasteiger partial charge in [0.15, 0.2) is 5.82 Å². The topological polar surface area (TPSA) is 57.2 Å². The first-order valence-corrected chi connectivity index (χ1v) is 9.07. The van der Waals surface area contributed by atoms with Crippen molar-refractivity contribution in [3.8, 4) is 0 Å². The molecule has 0 aliphatic carbocycles. The first-order valence-electron chi connectivity index (χ1n) is 9.07. The summed E-state index contributed by atoms with van der Waals surface area (Å²) < 4.78 is 0. The average Bonchev–Trinajstić information content (AvgIpc) is 2.67. The summed E-state index contributed by atoms with van der Waals surface area (Å²) in [4.78, 5) is 8.95. The molecule has 3 aromatic rings. The summed E-state index contributed by atoms with van der Waals surface area (Å²) in [7, 11) is 4.04. The minimum atomic E-state index is 0.286. The highest BCUT2D eigenvalue weighted by Crippen LogP contribution is 2.21. The largest absolute Gasteiger partial charge is 0.378 e. The molecule has 0 aliphatic rings. The highest BCUT2D eigenvalue weighted by Gasteiger charge is 2.14. The van der Waals surface area contributed by atoms with Gasteiger partial charge in [-0.1, -0.05) is 30.3 Å². The van der Waals surface area contributed by atoms with E-state index < -0.39 is 0 Å². The normalized spacial score (nSPS) is 10.7. The highest BCUT2D eigenvalue weighted by atomic mass is 15.3. The molecule has 0 unspecified atom stereocenters. The molecule has 1 N–H and O–H groups in total. The van der Waals surface area contributed by atoms with Crippen LogP contribution in [0.15, 0.2) is 60.8 Å². The second-order valence-electron chi connectivity index (χ2n) is 6.91. The van der Waals surface area contributed by atoms with E-state index in [0.717, 1.165) is 23.7 Å². The Labute approximate surface area is 160 Å². The van der Waals surface area contributed by atoms with Gasteiger partial charge < -0.3 is 15.1 Å². The van der Waals surface area contributed by atoms with Crippen LogP contribution in [0.5, 0.6) is 0 Å². The van der Waals surface area contributed by atoms with Crippen molar-refractivity contribution in [3.63, 3.8) is 0 Å². The van der Waals surface area contributed by atoms with Gasteiger partial charge in [-0.05, 0) is 43.7 Å². The zero-order valence-corrected chi connectivity index (χ0v) is 16.3. The lowest BCUT2D eigenvalue weighted by atomic mass is 10.2. The van der Waals surface area contributed by atoms with Crippen LogP contribution in [0.25, 0.3) is 0 Å². The van der Waals surface area contributed by atoms with Gasteiger partial charge in [-0.3, -0.25) is 0 Å². The maximum absolute atomic E-state index is 4.67. The number of rotatable bonds is 7. The molecule has 0 fully saturated rings. The number of aromatic nitrogens is 3. The van der Waals surface area contributed by atoms with Gasteiger partial charge in [0, 0.05) is 38.1 Å². The Morgan fingerprint density at radius 3 is 2.30 bits per heavy atom. The molecule has 1 heterocycles. The van der Waals surface area contributed by atoms with Crippen molar-refractivity contribution in [2.24, 2.45) is 0 Å². The number of hydrogen-bond acceptors (Lipinski definition) is 6. The van der Waals surface area contributed by atoms with Crippen LogP contribution >= 0.6 is 0 Å². The molecule has 140 valence electrons. The van der Waals surface area contributed by atoms with Crippen molar-refractivity contribution in [1.29, 1.82) is 0 Å². The van der Waals surface area contributed by atoms with Crippen LogP contribution in [0.1, 0.15) is 19.4 Å². The van der Waals surface area contributed by atoms with Crippen molar-refractivity contribution in [3.05, 3.63) is 66.4 Å². The van der Waals surface area contributed by atoms with E-state index in [-0.39, 0.29) is 6.04 Å². The third-order valence-corrected chi connectivity index (χ3v) is 4.30. The van der Waals surface area contributed by atoms with Crippen molar-refractivity contribution in [2.45, 2.75) is 26.4 Å². The average molecular weight is 362 g/mol. The lowest BCUT2D eigenvalue weighted by Gasteiger charge is -2.27. The summed E-state index contributed by atoms with van der Waals surface area (Å²) in [6.45, 7) is 5.07. The molecule has 0 radical (unpaired) electrons. The third-order valence-electron chi connectivity index (χ3n) is 4.30. The van der Waals surface area contributed by atoms with E-state index in [9.17, 15) is 0 Å². The van der Waals surface area contributed by atoms with Crippen LogP contribution < -0.4 is 15.1 Å². The van der Waals surface area contributed by atoms with E-state index >= 15 is 0 Å². The van der Waals surface area contributed by atoms with E-state index in [1.54, 1.807) is 6.20 Å². The third kappa shape index (κ3) is 4.94. The van der Waals surface area contributed by atoms with Gasteiger partial charge in [-0.25, -0.2) is 0 Å². The van der Waals surface area contributed by atoms with E-state index in [4.69, 9.17) is 0 Å². The van der Waals surface area contributed by atoms with E-state index in [1.165, 1.54) is 5.56 Å². The van der Waals surface area contributed by atoms with Crippen LogP contribution in [0.4, 0.5) is 23.1 Å². The van der Waals surface area contributed by atoms with Crippen LogP contribution in [0, 0.1) is 0 Å². The van der Waals surface area contributed by atoms with Crippen molar-refractivity contribution in [1.82, 2.24) is 15.2 Å². The van der Waals surface area contributed by atoms with Gasteiger partial charge in [-0.2, -0.15) is 10.1 Å². The highest BCUT2D eigenvalue weighted by molar-refractivity contribution is 5.59. The molecule has 0 amide bonds. The van der Waals surface area contributed by atoms with Crippen molar-refractivity contribution < 1.29 is 0 Å². The predicted octanol–water partition coefficient (Wildman–Crippen LogP) is 4.10. The molecule has 1 aromatic heterocycles. The van der Waals surface area contributed by atoms with Gasteiger partial charge in [0.2, 0.25) is 5.95 Å². The zero-order valence-electron chi connectivity index (χ0n) is 16.3. The lowest BCUT2D eigenvalue weighted by Crippen LogP contribution is -2.31. The summed E-state index contributed by atoms with van der Waals surface area (Å²) >= 11 is 0. The number of benzene rings is 2. The number of hydrogen-bond donors (Lipinski definition) is 1. The van der Waals surface area contributed by atoms with Crippen LogP contribution in [-0.4, -0.2) is 35.3 Å². The number of nitrogens with one attached hydrogen (secondary N) is 1. The molecule has 27 heavy (non-hydrogen) atoms. The second kappa shape index (κ2) is 8.49. The fourth-order valence-electron chi connectivity index (χ4n) is 2.77. The smallest absolute Gasteiger partial charge is 0.249 e.